The van der Waals surface area contributed by atoms with Crippen LogP contribution in [0.2, 0.25) is 0 Å². The van der Waals surface area contributed by atoms with Crippen molar-refractivity contribution in [3.63, 3.8) is 0 Å². The second kappa shape index (κ2) is 5.02. The molecule has 0 aromatic rings. The average Bonchev–Trinajstić information content (AvgIpc) is 1.96. The van der Waals surface area contributed by atoms with Gasteiger partial charge >= 0.3 is 0 Å². The highest BCUT2D eigenvalue weighted by Crippen LogP contribution is 2.19. The fourth-order valence-electron chi connectivity index (χ4n) is 0.940. The lowest BCUT2D eigenvalue weighted by atomic mass is 9.91. The van der Waals surface area contributed by atoms with Gasteiger partial charge in [0.05, 0.1) is 0 Å². The van der Waals surface area contributed by atoms with Crippen molar-refractivity contribution in [3.05, 3.63) is 24.9 Å². The van der Waals surface area contributed by atoms with Crippen molar-refractivity contribution < 1.29 is 0 Å². The zero-order valence-electron chi connectivity index (χ0n) is 8.61. The van der Waals surface area contributed by atoms with Crippen LogP contribution in [0, 0.1) is 5.41 Å². The Balaban J connectivity index is 3.34. The van der Waals surface area contributed by atoms with Crippen LogP contribution in [-0.2, 0) is 0 Å². The standard InChI is InChI=1S/C11H21N/c1-6-10(2)12-9-7-8-11(3,4)5/h6,12H,1-2,7-9H2,3-5H3. The highest BCUT2D eigenvalue weighted by atomic mass is 14.9. The Bertz CT molecular complexity index is 151. The maximum absolute atomic E-state index is 3.78. The molecule has 0 unspecified atom stereocenters. The molecule has 70 valence electrons. The molecule has 0 aliphatic carbocycles. The van der Waals surface area contributed by atoms with Gasteiger partial charge in [-0.1, -0.05) is 33.9 Å². The first-order valence-corrected chi connectivity index (χ1v) is 4.51. The third kappa shape index (κ3) is 7.39. The largest absolute Gasteiger partial charge is 0.386 e. The lowest BCUT2D eigenvalue weighted by Gasteiger charge is -2.17. The van der Waals surface area contributed by atoms with E-state index < -0.39 is 0 Å². The molecule has 0 atom stereocenters. The lowest BCUT2D eigenvalue weighted by molar-refractivity contribution is 0.364. The lowest BCUT2D eigenvalue weighted by Crippen LogP contribution is -2.15. The molecule has 1 nitrogen and oxygen atoms in total. The summed E-state index contributed by atoms with van der Waals surface area (Å²) in [6.45, 7) is 15.2. The summed E-state index contributed by atoms with van der Waals surface area (Å²) in [4.78, 5) is 0. The van der Waals surface area contributed by atoms with Crippen LogP contribution in [-0.4, -0.2) is 6.54 Å². The minimum absolute atomic E-state index is 0.442. The quantitative estimate of drug-likeness (QED) is 0.490. The summed E-state index contributed by atoms with van der Waals surface area (Å²) in [5.41, 5.74) is 1.36. The van der Waals surface area contributed by atoms with E-state index in [1.807, 2.05) is 0 Å². The Morgan fingerprint density at radius 2 is 2.00 bits per heavy atom. The Morgan fingerprint density at radius 1 is 1.42 bits per heavy atom. The SMILES string of the molecule is C=CC(=C)NCCCC(C)(C)C. The molecule has 0 heterocycles. The molecular formula is C11H21N. The molecule has 1 heteroatoms. The number of hydrogen-bond donors (Lipinski definition) is 1. The highest BCUT2D eigenvalue weighted by molar-refractivity contribution is 5.07. The number of rotatable bonds is 5. The van der Waals surface area contributed by atoms with Crippen LogP contribution in [0.15, 0.2) is 24.9 Å². The Kier molecular flexibility index (Phi) is 4.72. The molecule has 0 aliphatic rings. The van der Waals surface area contributed by atoms with Crippen molar-refractivity contribution in [2.24, 2.45) is 5.41 Å². The summed E-state index contributed by atoms with van der Waals surface area (Å²) >= 11 is 0. The van der Waals surface area contributed by atoms with Gasteiger partial charge in [-0.05, 0) is 24.3 Å². The van der Waals surface area contributed by atoms with Crippen molar-refractivity contribution in [2.75, 3.05) is 6.54 Å². The third-order valence-corrected chi connectivity index (χ3v) is 1.70. The average molecular weight is 167 g/mol. The van der Waals surface area contributed by atoms with Crippen LogP contribution in [0.1, 0.15) is 33.6 Å². The first-order chi connectivity index (χ1) is 5.45. The van der Waals surface area contributed by atoms with Gasteiger partial charge in [0.2, 0.25) is 0 Å². The smallest absolute Gasteiger partial charge is 0.0261 e. The van der Waals surface area contributed by atoms with Gasteiger partial charge < -0.3 is 5.32 Å². The fourth-order valence-corrected chi connectivity index (χ4v) is 0.940. The minimum Gasteiger partial charge on any atom is -0.386 e. The number of allylic oxidation sites excluding steroid dienone is 1. The molecule has 1 N–H and O–H groups in total. The van der Waals surface area contributed by atoms with E-state index in [-0.39, 0.29) is 0 Å². The van der Waals surface area contributed by atoms with Gasteiger partial charge in [-0.15, -0.1) is 0 Å². The van der Waals surface area contributed by atoms with E-state index in [1.54, 1.807) is 6.08 Å². The van der Waals surface area contributed by atoms with Crippen molar-refractivity contribution in [1.29, 1.82) is 0 Å². The van der Waals surface area contributed by atoms with E-state index in [0.717, 1.165) is 12.2 Å². The fraction of sp³-hybridized carbons (Fsp3) is 0.636. The maximum atomic E-state index is 3.78. The van der Waals surface area contributed by atoms with Crippen LogP contribution in [0.4, 0.5) is 0 Å². The summed E-state index contributed by atoms with van der Waals surface area (Å²) in [5, 5.41) is 3.19. The van der Waals surface area contributed by atoms with E-state index in [9.17, 15) is 0 Å². The molecule has 0 aliphatic heterocycles. The molecule has 0 radical (unpaired) electrons. The van der Waals surface area contributed by atoms with Crippen molar-refractivity contribution in [1.82, 2.24) is 5.32 Å². The summed E-state index contributed by atoms with van der Waals surface area (Å²) in [6, 6.07) is 0. The van der Waals surface area contributed by atoms with E-state index in [2.05, 4.69) is 39.2 Å². The van der Waals surface area contributed by atoms with Gasteiger partial charge in [-0.2, -0.15) is 0 Å². The molecule has 12 heavy (non-hydrogen) atoms. The second-order valence-electron chi connectivity index (χ2n) is 4.32. The first-order valence-electron chi connectivity index (χ1n) is 4.51. The summed E-state index contributed by atoms with van der Waals surface area (Å²) in [5.74, 6) is 0. The van der Waals surface area contributed by atoms with Gasteiger partial charge in [0, 0.05) is 12.2 Å². The van der Waals surface area contributed by atoms with E-state index in [1.165, 1.54) is 12.8 Å². The predicted octanol–water partition coefficient (Wildman–Crippen LogP) is 3.10. The molecule has 0 bridgehead atoms. The van der Waals surface area contributed by atoms with Crippen molar-refractivity contribution >= 4 is 0 Å². The molecule has 0 saturated heterocycles. The monoisotopic (exact) mass is 167 g/mol. The zero-order chi connectivity index (χ0) is 9.61. The predicted molar refractivity (Wildman–Crippen MR) is 56.0 cm³/mol. The van der Waals surface area contributed by atoms with Gasteiger partial charge in [-0.25, -0.2) is 0 Å². The molecule has 0 aromatic heterocycles. The third-order valence-electron chi connectivity index (χ3n) is 1.70. The van der Waals surface area contributed by atoms with E-state index in [0.29, 0.717) is 5.41 Å². The summed E-state index contributed by atoms with van der Waals surface area (Å²) in [6.07, 6.45) is 4.18. The topological polar surface area (TPSA) is 12.0 Å². The van der Waals surface area contributed by atoms with Crippen LogP contribution >= 0.6 is 0 Å². The van der Waals surface area contributed by atoms with Crippen molar-refractivity contribution in [3.8, 4) is 0 Å². The zero-order valence-corrected chi connectivity index (χ0v) is 8.61. The highest BCUT2D eigenvalue weighted by Gasteiger charge is 2.08. The van der Waals surface area contributed by atoms with E-state index in [4.69, 9.17) is 0 Å². The molecule has 0 amide bonds. The van der Waals surface area contributed by atoms with Crippen LogP contribution in [0.25, 0.3) is 0 Å². The maximum Gasteiger partial charge on any atom is 0.0261 e. The van der Waals surface area contributed by atoms with Gasteiger partial charge in [0.15, 0.2) is 0 Å². The molecule has 0 saturated carbocycles. The van der Waals surface area contributed by atoms with Gasteiger partial charge in [0.1, 0.15) is 0 Å². The summed E-state index contributed by atoms with van der Waals surface area (Å²) in [7, 11) is 0. The van der Waals surface area contributed by atoms with Gasteiger partial charge in [0.25, 0.3) is 0 Å². The van der Waals surface area contributed by atoms with Crippen LogP contribution < -0.4 is 5.32 Å². The number of nitrogens with one attached hydrogen (secondary N) is 1. The molecular weight excluding hydrogens is 146 g/mol. The van der Waals surface area contributed by atoms with Gasteiger partial charge in [-0.3, -0.25) is 0 Å². The number of hydrogen-bond acceptors (Lipinski definition) is 1. The normalized spacial score (nSPS) is 10.9. The molecule has 0 aromatic carbocycles. The first kappa shape index (κ1) is 11.3. The minimum atomic E-state index is 0.442. The second-order valence-corrected chi connectivity index (χ2v) is 4.32. The Morgan fingerprint density at radius 3 is 2.42 bits per heavy atom. The summed E-state index contributed by atoms with van der Waals surface area (Å²) < 4.78 is 0. The Labute approximate surface area is 76.6 Å². The molecule has 0 spiro atoms. The van der Waals surface area contributed by atoms with E-state index >= 15 is 0 Å². The molecule has 0 rings (SSSR count). The van der Waals surface area contributed by atoms with Crippen LogP contribution in [0.5, 0.6) is 0 Å². The molecule has 0 fully saturated rings. The Hall–Kier alpha value is -0.720. The van der Waals surface area contributed by atoms with Crippen LogP contribution in [0.3, 0.4) is 0 Å². The van der Waals surface area contributed by atoms with Crippen molar-refractivity contribution in [2.45, 2.75) is 33.6 Å².